The number of hydrogen-bond donors (Lipinski definition) is 3. The molecule has 0 aromatic heterocycles. The number of carboxylic acid groups (broad SMARTS) is 1. The van der Waals surface area contributed by atoms with Crippen LogP contribution in [0.5, 0.6) is 0 Å². The number of fused-ring (bicyclic) bond motifs is 7. The highest BCUT2D eigenvalue weighted by Gasteiger charge is 2.71. The van der Waals surface area contributed by atoms with Crippen molar-refractivity contribution in [2.75, 3.05) is 7.11 Å². The van der Waals surface area contributed by atoms with Crippen LogP contribution in [0.3, 0.4) is 0 Å². The summed E-state index contributed by atoms with van der Waals surface area (Å²) in [6, 6.07) is 0. The van der Waals surface area contributed by atoms with Gasteiger partial charge in [0.1, 0.15) is 0 Å². The second-order valence-electron chi connectivity index (χ2n) is 15.1. The lowest BCUT2D eigenvalue weighted by Gasteiger charge is -2.70. The molecule has 3 N–H and O–H groups in total. The predicted molar refractivity (Wildman–Crippen MR) is 141 cm³/mol. The van der Waals surface area contributed by atoms with E-state index in [0.717, 1.165) is 58.5 Å². The van der Waals surface area contributed by atoms with E-state index in [0.29, 0.717) is 17.8 Å². The first-order valence-electron chi connectivity index (χ1n) is 14.2. The van der Waals surface area contributed by atoms with Crippen molar-refractivity contribution in [3.05, 3.63) is 11.6 Å². The standard InChI is InChI=1S/C30H48O3.CH4O/c1-25(2)14-15-27(5)16-17-30(24(32)33)19(20(27)18-25)8-9-22-28(6)12-11-23(31)26(3,4)21(28)10-13-29(22,30)7;1-2/h8,20-23,31H,9-18H2,1-7H3,(H,32,33);2H,1H3/t20-,21-,22+,23-,27+,28-,29+,30+;/m0./s1. The van der Waals surface area contributed by atoms with E-state index in [1.165, 1.54) is 18.4 Å². The van der Waals surface area contributed by atoms with Gasteiger partial charge < -0.3 is 15.3 Å². The highest BCUT2D eigenvalue weighted by Crippen LogP contribution is 2.75. The van der Waals surface area contributed by atoms with Crippen LogP contribution < -0.4 is 0 Å². The normalized spacial score (nSPS) is 49.6. The van der Waals surface area contributed by atoms with Crippen LogP contribution in [0.25, 0.3) is 0 Å². The number of allylic oxidation sites excluding steroid dienone is 1. The summed E-state index contributed by atoms with van der Waals surface area (Å²) < 4.78 is 0. The van der Waals surface area contributed by atoms with Gasteiger partial charge in [-0.3, -0.25) is 4.79 Å². The highest BCUT2D eigenvalue weighted by molar-refractivity contribution is 5.81. The van der Waals surface area contributed by atoms with E-state index in [1.54, 1.807) is 0 Å². The molecule has 0 radical (unpaired) electrons. The van der Waals surface area contributed by atoms with Gasteiger partial charge in [-0.05, 0) is 109 Å². The highest BCUT2D eigenvalue weighted by atomic mass is 16.4. The molecule has 5 aliphatic rings. The third kappa shape index (κ3) is 3.47. The van der Waals surface area contributed by atoms with Gasteiger partial charge in [-0.25, -0.2) is 0 Å². The molecule has 0 heterocycles. The Morgan fingerprint density at radius 2 is 1.49 bits per heavy atom. The van der Waals surface area contributed by atoms with Gasteiger partial charge in [0, 0.05) is 7.11 Å². The first-order chi connectivity index (χ1) is 16.1. The van der Waals surface area contributed by atoms with Gasteiger partial charge in [0.2, 0.25) is 0 Å². The molecular weight excluding hydrogens is 436 g/mol. The third-order valence-electron chi connectivity index (χ3n) is 12.9. The van der Waals surface area contributed by atoms with Crippen molar-refractivity contribution < 1.29 is 20.1 Å². The molecule has 0 aromatic carbocycles. The Hall–Kier alpha value is -0.870. The molecular formula is C31H52O4. The monoisotopic (exact) mass is 488 g/mol. The average Bonchev–Trinajstić information content (AvgIpc) is 2.78. The van der Waals surface area contributed by atoms with Gasteiger partial charge in [0.15, 0.2) is 0 Å². The Labute approximate surface area is 214 Å². The van der Waals surface area contributed by atoms with Gasteiger partial charge in [-0.15, -0.1) is 0 Å². The SMILES string of the molecule is CC1(C)CC[C@]2(C)CC[C@]3(C(=O)O)C(=CC[C@@H]4[C@@]5(C)CC[C@H](O)C(C)(C)[C@@H]5CC[C@]43C)[C@@H]2C1.CO. The van der Waals surface area contributed by atoms with Crippen LogP contribution in [-0.2, 0) is 4.79 Å². The summed E-state index contributed by atoms with van der Waals surface area (Å²) in [6.07, 6.45) is 12.6. The van der Waals surface area contributed by atoms with Gasteiger partial charge in [-0.2, -0.15) is 0 Å². The minimum Gasteiger partial charge on any atom is -0.481 e. The molecule has 4 saturated carbocycles. The molecule has 0 saturated heterocycles. The maximum Gasteiger partial charge on any atom is 0.314 e. The summed E-state index contributed by atoms with van der Waals surface area (Å²) in [5, 5.41) is 29.0. The summed E-state index contributed by atoms with van der Waals surface area (Å²) >= 11 is 0. The van der Waals surface area contributed by atoms with Crippen molar-refractivity contribution in [1.82, 2.24) is 0 Å². The summed E-state index contributed by atoms with van der Waals surface area (Å²) in [4.78, 5) is 13.5. The molecule has 5 rings (SSSR count). The van der Waals surface area contributed by atoms with Crippen LogP contribution in [0.2, 0.25) is 0 Å². The fourth-order valence-electron chi connectivity index (χ4n) is 10.6. The molecule has 0 aliphatic heterocycles. The van der Waals surface area contributed by atoms with Crippen LogP contribution in [0.4, 0.5) is 0 Å². The maximum atomic E-state index is 13.5. The largest absolute Gasteiger partial charge is 0.481 e. The first kappa shape index (κ1) is 27.2. The van der Waals surface area contributed by atoms with Crippen molar-refractivity contribution >= 4 is 5.97 Å². The van der Waals surface area contributed by atoms with E-state index < -0.39 is 11.4 Å². The first-order valence-corrected chi connectivity index (χ1v) is 14.2. The molecule has 0 unspecified atom stereocenters. The molecule has 4 nitrogen and oxygen atoms in total. The number of aliphatic hydroxyl groups is 2. The Morgan fingerprint density at radius 3 is 2.11 bits per heavy atom. The number of hydrogen-bond acceptors (Lipinski definition) is 3. The third-order valence-corrected chi connectivity index (χ3v) is 12.9. The molecule has 5 aliphatic carbocycles. The Kier molecular flexibility index (Phi) is 6.46. The van der Waals surface area contributed by atoms with Crippen molar-refractivity contribution in [3.8, 4) is 0 Å². The van der Waals surface area contributed by atoms with Crippen molar-refractivity contribution in [1.29, 1.82) is 0 Å². The number of rotatable bonds is 1. The summed E-state index contributed by atoms with van der Waals surface area (Å²) in [6.45, 7) is 16.6. The molecule has 0 aromatic rings. The number of carbonyl (C=O) groups is 1. The van der Waals surface area contributed by atoms with Crippen molar-refractivity contribution in [3.63, 3.8) is 0 Å². The quantitative estimate of drug-likeness (QED) is 0.353. The number of carboxylic acids is 1. The molecule has 0 bridgehead atoms. The average molecular weight is 489 g/mol. The summed E-state index contributed by atoms with van der Waals surface area (Å²) in [5.41, 5.74) is 0.906. The lowest BCUT2D eigenvalue weighted by atomic mass is 9.33. The smallest absolute Gasteiger partial charge is 0.314 e. The minimum atomic E-state index is -0.721. The Balaban J connectivity index is 0.00000141. The van der Waals surface area contributed by atoms with Crippen LogP contribution in [0.15, 0.2) is 11.6 Å². The fourth-order valence-corrected chi connectivity index (χ4v) is 10.6. The van der Waals surface area contributed by atoms with Crippen molar-refractivity contribution in [2.24, 2.45) is 50.2 Å². The van der Waals surface area contributed by atoms with E-state index >= 15 is 0 Å². The van der Waals surface area contributed by atoms with Gasteiger partial charge >= 0.3 is 5.97 Å². The van der Waals surface area contributed by atoms with E-state index in [4.69, 9.17) is 5.11 Å². The summed E-state index contributed by atoms with van der Waals surface area (Å²) in [7, 11) is 1.00. The fraction of sp³-hybridized carbons (Fsp3) is 0.903. The van der Waals surface area contributed by atoms with Gasteiger partial charge in [-0.1, -0.05) is 60.1 Å². The molecule has 8 atom stereocenters. The van der Waals surface area contributed by atoms with E-state index in [1.807, 2.05) is 0 Å². The second kappa shape index (κ2) is 8.32. The van der Waals surface area contributed by atoms with Crippen LogP contribution in [-0.4, -0.2) is 34.5 Å². The van der Waals surface area contributed by atoms with Crippen LogP contribution in [0.1, 0.15) is 113 Å². The molecule has 200 valence electrons. The predicted octanol–water partition coefficient (Wildman–Crippen LogP) is 6.84. The van der Waals surface area contributed by atoms with Crippen LogP contribution in [0, 0.1) is 50.2 Å². The molecule has 4 fully saturated rings. The number of aliphatic hydroxyl groups excluding tert-OH is 2. The molecule has 0 amide bonds. The second-order valence-corrected chi connectivity index (χ2v) is 15.1. The zero-order valence-electron chi connectivity index (χ0n) is 23.7. The lowest BCUT2D eigenvalue weighted by Crippen LogP contribution is -2.66. The van der Waals surface area contributed by atoms with Crippen LogP contribution >= 0.6 is 0 Å². The zero-order chi connectivity index (χ0) is 26.2. The van der Waals surface area contributed by atoms with E-state index in [-0.39, 0.29) is 33.2 Å². The Bertz CT molecular complexity index is 888. The number of aliphatic carboxylic acids is 1. The topological polar surface area (TPSA) is 77.8 Å². The van der Waals surface area contributed by atoms with E-state index in [9.17, 15) is 15.0 Å². The molecule has 35 heavy (non-hydrogen) atoms. The van der Waals surface area contributed by atoms with Gasteiger partial charge in [0.25, 0.3) is 0 Å². The molecule has 0 spiro atoms. The summed E-state index contributed by atoms with van der Waals surface area (Å²) in [5.74, 6) is 0.675. The molecule has 4 heteroatoms. The Morgan fingerprint density at radius 1 is 0.857 bits per heavy atom. The zero-order valence-corrected chi connectivity index (χ0v) is 23.7. The minimum absolute atomic E-state index is 0.0901. The maximum absolute atomic E-state index is 13.5. The van der Waals surface area contributed by atoms with E-state index in [2.05, 4.69) is 54.5 Å². The van der Waals surface area contributed by atoms with Crippen molar-refractivity contribution in [2.45, 2.75) is 119 Å². The van der Waals surface area contributed by atoms with Gasteiger partial charge in [0.05, 0.1) is 11.5 Å². The lowest BCUT2D eigenvalue weighted by molar-refractivity contribution is -0.213.